The highest BCUT2D eigenvalue weighted by Crippen LogP contribution is 2.37. The van der Waals surface area contributed by atoms with Gasteiger partial charge in [0.25, 0.3) is 5.91 Å². The molecular formula is C20H16Cl4F3NO3. The SMILES string of the molecule is O=C(NCCCOc1c(Cl)cc(OCC=C(Cl)Cl)cc1Cl)c1cccc(C(F)(F)F)c1. The van der Waals surface area contributed by atoms with Gasteiger partial charge in [-0.3, -0.25) is 4.79 Å². The molecule has 11 heteroatoms. The summed E-state index contributed by atoms with van der Waals surface area (Å²) in [7, 11) is 0. The fraction of sp³-hybridized carbons (Fsp3) is 0.250. The average molecular weight is 517 g/mol. The molecule has 1 amide bonds. The third-order valence-corrected chi connectivity index (χ3v) is 4.63. The van der Waals surface area contributed by atoms with Gasteiger partial charge in [-0.05, 0) is 30.7 Å². The van der Waals surface area contributed by atoms with E-state index in [4.69, 9.17) is 55.9 Å². The van der Waals surface area contributed by atoms with Gasteiger partial charge in [-0.25, -0.2) is 0 Å². The molecule has 2 rings (SSSR count). The molecule has 0 bridgehead atoms. The molecule has 0 aliphatic carbocycles. The van der Waals surface area contributed by atoms with Crippen molar-refractivity contribution in [3.63, 3.8) is 0 Å². The summed E-state index contributed by atoms with van der Waals surface area (Å²) in [4.78, 5) is 12.0. The monoisotopic (exact) mass is 515 g/mol. The first-order valence-corrected chi connectivity index (χ1v) is 10.3. The van der Waals surface area contributed by atoms with Gasteiger partial charge in [0.05, 0.1) is 22.2 Å². The van der Waals surface area contributed by atoms with Crippen molar-refractivity contribution >= 4 is 52.3 Å². The second-order valence-corrected chi connectivity index (χ2v) is 7.88. The van der Waals surface area contributed by atoms with Crippen LogP contribution in [0.3, 0.4) is 0 Å². The summed E-state index contributed by atoms with van der Waals surface area (Å²) in [6.45, 7) is 0.463. The number of alkyl halides is 3. The Morgan fingerprint density at radius 3 is 2.35 bits per heavy atom. The summed E-state index contributed by atoms with van der Waals surface area (Å²) in [5, 5.41) is 2.97. The first kappa shape index (κ1) is 25.5. The second-order valence-electron chi connectivity index (χ2n) is 6.06. The number of rotatable bonds is 9. The molecule has 168 valence electrons. The molecule has 0 atom stereocenters. The summed E-state index contributed by atoms with van der Waals surface area (Å²) in [5.41, 5.74) is -0.968. The standard InChI is InChI=1S/C20H16Cl4F3NO3/c21-15-10-14(30-8-5-17(23)24)11-16(22)18(15)31-7-2-6-28-19(29)12-3-1-4-13(9-12)20(25,26)27/h1,3-5,9-11H,2,6-8H2,(H,28,29). The van der Waals surface area contributed by atoms with E-state index in [1.807, 2.05) is 0 Å². The van der Waals surface area contributed by atoms with Gasteiger partial charge in [0.2, 0.25) is 0 Å². The normalized spacial score (nSPS) is 11.1. The Morgan fingerprint density at radius 2 is 1.74 bits per heavy atom. The number of hydrogen-bond acceptors (Lipinski definition) is 3. The Bertz CT molecular complexity index is 925. The number of nitrogens with one attached hydrogen (secondary N) is 1. The van der Waals surface area contributed by atoms with Crippen LogP contribution in [0.15, 0.2) is 47.0 Å². The van der Waals surface area contributed by atoms with Crippen LogP contribution in [0.5, 0.6) is 11.5 Å². The van der Waals surface area contributed by atoms with Gasteiger partial charge < -0.3 is 14.8 Å². The lowest BCUT2D eigenvalue weighted by atomic mass is 10.1. The molecule has 0 fully saturated rings. The van der Waals surface area contributed by atoms with Crippen molar-refractivity contribution < 1.29 is 27.4 Å². The zero-order valence-electron chi connectivity index (χ0n) is 15.7. The average Bonchev–Trinajstić information content (AvgIpc) is 2.68. The van der Waals surface area contributed by atoms with Crippen molar-refractivity contribution in [3.05, 3.63) is 68.1 Å². The lowest BCUT2D eigenvalue weighted by Gasteiger charge is -2.13. The summed E-state index contributed by atoms with van der Waals surface area (Å²) < 4.78 is 49.2. The Balaban J connectivity index is 1.82. The molecule has 1 N–H and O–H groups in total. The van der Waals surface area contributed by atoms with Crippen LogP contribution in [0.2, 0.25) is 10.0 Å². The molecule has 0 unspecified atom stereocenters. The Labute approximate surface area is 196 Å². The molecule has 4 nitrogen and oxygen atoms in total. The minimum absolute atomic E-state index is 0.0669. The van der Waals surface area contributed by atoms with Gasteiger partial charge in [0, 0.05) is 24.2 Å². The maximum absolute atomic E-state index is 12.7. The Hall–Kier alpha value is -1.80. The summed E-state index contributed by atoms with van der Waals surface area (Å²) in [5.74, 6) is 0.0158. The maximum atomic E-state index is 12.7. The first-order chi connectivity index (χ1) is 14.6. The van der Waals surface area contributed by atoms with E-state index in [1.54, 1.807) is 0 Å². The van der Waals surface area contributed by atoms with Crippen LogP contribution in [0.4, 0.5) is 13.2 Å². The highest BCUT2D eigenvalue weighted by atomic mass is 35.5. The zero-order valence-corrected chi connectivity index (χ0v) is 18.8. The van der Waals surface area contributed by atoms with E-state index in [0.29, 0.717) is 12.2 Å². The van der Waals surface area contributed by atoms with Crippen LogP contribution in [-0.4, -0.2) is 25.7 Å². The summed E-state index contributed by atoms with van der Waals surface area (Å²) in [6, 6.07) is 7.20. The van der Waals surface area contributed by atoms with Crippen molar-refractivity contribution in [2.45, 2.75) is 12.6 Å². The largest absolute Gasteiger partial charge is 0.490 e. The molecule has 2 aromatic rings. The minimum Gasteiger partial charge on any atom is -0.490 e. The van der Waals surface area contributed by atoms with Crippen LogP contribution < -0.4 is 14.8 Å². The zero-order chi connectivity index (χ0) is 23.0. The summed E-state index contributed by atoms with van der Waals surface area (Å²) >= 11 is 23.3. The number of carbonyl (C=O) groups excluding carboxylic acids is 1. The minimum atomic E-state index is -4.52. The van der Waals surface area contributed by atoms with Crippen LogP contribution in [-0.2, 0) is 6.18 Å². The Morgan fingerprint density at radius 1 is 1.06 bits per heavy atom. The van der Waals surface area contributed by atoms with E-state index in [0.717, 1.165) is 12.1 Å². The molecule has 0 heterocycles. The highest BCUT2D eigenvalue weighted by Gasteiger charge is 2.30. The predicted molar refractivity (Wildman–Crippen MR) is 116 cm³/mol. The fourth-order valence-corrected chi connectivity index (χ4v) is 3.05. The molecule has 0 radical (unpaired) electrons. The van der Waals surface area contributed by atoms with E-state index in [1.165, 1.54) is 30.3 Å². The van der Waals surface area contributed by atoms with Gasteiger partial charge in [-0.15, -0.1) is 0 Å². The highest BCUT2D eigenvalue weighted by molar-refractivity contribution is 6.55. The fourth-order valence-electron chi connectivity index (χ4n) is 2.35. The molecule has 0 aromatic heterocycles. The second kappa shape index (κ2) is 11.7. The van der Waals surface area contributed by atoms with Crippen molar-refractivity contribution in [3.8, 4) is 11.5 Å². The van der Waals surface area contributed by atoms with E-state index in [2.05, 4.69) is 5.32 Å². The number of carbonyl (C=O) groups is 1. The van der Waals surface area contributed by atoms with Crippen LogP contribution in [0.1, 0.15) is 22.3 Å². The lowest BCUT2D eigenvalue weighted by molar-refractivity contribution is -0.137. The molecule has 0 spiro atoms. The molecule has 31 heavy (non-hydrogen) atoms. The van der Waals surface area contributed by atoms with Crippen molar-refractivity contribution in [2.24, 2.45) is 0 Å². The number of halogens is 7. The molecule has 0 aliphatic rings. The van der Waals surface area contributed by atoms with E-state index in [9.17, 15) is 18.0 Å². The van der Waals surface area contributed by atoms with Gasteiger partial charge in [0.1, 0.15) is 16.8 Å². The quantitative estimate of drug-likeness (QED) is 0.368. The third-order valence-electron chi connectivity index (χ3n) is 3.76. The smallest absolute Gasteiger partial charge is 0.416 e. The molecule has 0 saturated heterocycles. The van der Waals surface area contributed by atoms with E-state index < -0.39 is 17.6 Å². The topological polar surface area (TPSA) is 47.6 Å². The third kappa shape index (κ3) is 8.33. The van der Waals surface area contributed by atoms with Crippen LogP contribution >= 0.6 is 46.4 Å². The van der Waals surface area contributed by atoms with E-state index >= 15 is 0 Å². The van der Waals surface area contributed by atoms with Gasteiger partial charge in [-0.2, -0.15) is 13.2 Å². The van der Waals surface area contributed by atoms with Crippen molar-refractivity contribution in [1.82, 2.24) is 5.32 Å². The van der Waals surface area contributed by atoms with Gasteiger partial charge in [0.15, 0.2) is 5.75 Å². The van der Waals surface area contributed by atoms with Crippen molar-refractivity contribution in [2.75, 3.05) is 19.8 Å². The molecular weight excluding hydrogens is 501 g/mol. The number of benzene rings is 2. The number of hydrogen-bond donors (Lipinski definition) is 1. The maximum Gasteiger partial charge on any atom is 0.416 e. The van der Waals surface area contributed by atoms with Crippen LogP contribution in [0.25, 0.3) is 0 Å². The number of ether oxygens (including phenoxy) is 2. The van der Waals surface area contributed by atoms with Gasteiger partial charge >= 0.3 is 6.18 Å². The van der Waals surface area contributed by atoms with Crippen LogP contribution in [0, 0.1) is 0 Å². The molecule has 0 saturated carbocycles. The Kier molecular flexibility index (Phi) is 9.62. The predicted octanol–water partition coefficient (Wildman–Crippen LogP) is 6.91. The number of amides is 1. The summed E-state index contributed by atoms with van der Waals surface area (Å²) in [6.07, 6.45) is -2.70. The first-order valence-electron chi connectivity index (χ1n) is 8.79. The van der Waals surface area contributed by atoms with Crippen molar-refractivity contribution in [1.29, 1.82) is 0 Å². The van der Waals surface area contributed by atoms with E-state index in [-0.39, 0.29) is 45.6 Å². The molecule has 2 aromatic carbocycles. The van der Waals surface area contributed by atoms with Gasteiger partial charge in [-0.1, -0.05) is 52.5 Å². The lowest BCUT2D eigenvalue weighted by Crippen LogP contribution is -2.26. The molecule has 0 aliphatic heterocycles.